The molecular weight excluding hydrogens is 385 g/mol. The van der Waals surface area contributed by atoms with Crippen LogP contribution < -0.4 is 11.5 Å². The van der Waals surface area contributed by atoms with Gasteiger partial charge >= 0.3 is 6.18 Å². The number of halogens is 3. The van der Waals surface area contributed by atoms with Gasteiger partial charge in [-0.15, -0.1) is 0 Å². The number of hydrogen-bond acceptors (Lipinski definition) is 5. The smallest absolute Gasteiger partial charge is 0.397 e. The van der Waals surface area contributed by atoms with Gasteiger partial charge in [0.05, 0.1) is 23.0 Å². The first-order valence-corrected chi connectivity index (χ1v) is 8.31. The van der Waals surface area contributed by atoms with Gasteiger partial charge in [0.1, 0.15) is 5.69 Å². The summed E-state index contributed by atoms with van der Waals surface area (Å²) in [6, 6.07) is 8.37. The molecule has 0 atom stereocenters. The summed E-state index contributed by atoms with van der Waals surface area (Å²) in [5, 5.41) is 4.51. The largest absolute Gasteiger partial charge is 0.433 e. The third-order valence-electron chi connectivity index (χ3n) is 4.29. The number of fused-ring (bicyclic) bond motifs is 1. The van der Waals surface area contributed by atoms with E-state index >= 15 is 0 Å². The molecule has 0 saturated carbocycles. The van der Waals surface area contributed by atoms with E-state index in [1.807, 2.05) is 0 Å². The van der Waals surface area contributed by atoms with Crippen molar-refractivity contribution in [1.29, 1.82) is 0 Å². The number of rotatable bonds is 3. The molecule has 1 aromatic carbocycles. The average Bonchev–Trinajstić information content (AvgIpc) is 3.10. The lowest BCUT2D eigenvalue weighted by Crippen LogP contribution is -2.12. The number of carbonyl (C=O) groups excluding carboxylic acids is 1. The first kappa shape index (κ1) is 18.4. The molecule has 0 aliphatic heterocycles. The number of carbonyl (C=O) groups is 1. The van der Waals surface area contributed by atoms with E-state index in [2.05, 4.69) is 15.1 Å². The molecule has 3 heterocycles. The van der Waals surface area contributed by atoms with Gasteiger partial charge in [-0.05, 0) is 35.9 Å². The molecule has 4 N–H and O–H groups in total. The molecule has 0 spiro atoms. The fourth-order valence-electron chi connectivity index (χ4n) is 2.99. The van der Waals surface area contributed by atoms with Gasteiger partial charge in [0.15, 0.2) is 5.82 Å². The lowest BCUT2D eigenvalue weighted by atomic mass is 10.0. The molecule has 3 aromatic heterocycles. The number of hydrogen-bond donors (Lipinski definition) is 2. The highest BCUT2D eigenvalue weighted by Crippen LogP contribution is 2.31. The molecule has 0 unspecified atom stereocenters. The Morgan fingerprint density at radius 2 is 1.83 bits per heavy atom. The minimum absolute atomic E-state index is 0.0481. The monoisotopic (exact) mass is 398 g/mol. The quantitative estimate of drug-likeness (QED) is 0.550. The van der Waals surface area contributed by atoms with E-state index in [0.29, 0.717) is 27.7 Å². The standard InChI is InChI=1S/C19H13F3N6O/c20-19(21,22)16-2-1-3-17(27-16)28-15-6-10(11-4-12(23)8-25-7-11)5-13(18(24)29)14(15)9-26-28/h1-9H,23H2,(H2,24,29). The normalized spacial score (nSPS) is 11.7. The van der Waals surface area contributed by atoms with Gasteiger partial charge in [-0.25, -0.2) is 9.67 Å². The Bertz CT molecular complexity index is 1250. The SMILES string of the molecule is NC(=O)c1cc(-c2cncc(N)c2)cc2c1cnn2-c1cccc(C(F)(F)F)n1. The van der Waals surface area contributed by atoms with Crippen LogP contribution in [-0.2, 0) is 6.18 Å². The van der Waals surface area contributed by atoms with Crippen molar-refractivity contribution in [2.24, 2.45) is 5.73 Å². The lowest BCUT2D eigenvalue weighted by Gasteiger charge is -2.10. The van der Waals surface area contributed by atoms with E-state index in [0.717, 1.165) is 6.07 Å². The summed E-state index contributed by atoms with van der Waals surface area (Å²) >= 11 is 0. The van der Waals surface area contributed by atoms with E-state index in [1.165, 1.54) is 29.2 Å². The van der Waals surface area contributed by atoms with Crippen molar-refractivity contribution in [3.05, 3.63) is 66.2 Å². The Kier molecular flexibility index (Phi) is 4.18. The van der Waals surface area contributed by atoms with Crippen molar-refractivity contribution in [1.82, 2.24) is 19.7 Å². The highest BCUT2D eigenvalue weighted by atomic mass is 19.4. The number of pyridine rings is 2. The number of amides is 1. The topological polar surface area (TPSA) is 113 Å². The molecule has 4 aromatic rings. The minimum atomic E-state index is -4.60. The van der Waals surface area contributed by atoms with E-state index in [4.69, 9.17) is 11.5 Å². The second kappa shape index (κ2) is 6.59. The Labute approximate surface area is 161 Å². The van der Waals surface area contributed by atoms with Crippen LogP contribution in [0.3, 0.4) is 0 Å². The van der Waals surface area contributed by atoms with Gasteiger partial charge in [0.25, 0.3) is 0 Å². The Morgan fingerprint density at radius 1 is 1.03 bits per heavy atom. The number of nitrogens with zero attached hydrogens (tertiary/aromatic N) is 4. The first-order valence-electron chi connectivity index (χ1n) is 8.31. The Hall–Kier alpha value is -3.95. The fraction of sp³-hybridized carbons (Fsp3) is 0.0526. The van der Waals surface area contributed by atoms with Crippen molar-refractivity contribution in [2.45, 2.75) is 6.18 Å². The average molecular weight is 398 g/mol. The van der Waals surface area contributed by atoms with Crippen molar-refractivity contribution in [3.8, 4) is 16.9 Å². The van der Waals surface area contributed by atoms with E-state index in [-0.39, 0.29) is 11.4 Å². The summed E-state index contributed by atoms with van der Waals surface area (Å²) in [6.45, 7) is 0. The second-order valence-electron chi connectivity index (χ2n) is 6.26. The predicted molar refractivity (Wildman–Crippen MR) is 100 cm³/mol. The lowest BCUT2D eigenvalue weighted by molar-refractivity contribution is -0.141. The highest BCUT2D eigenvalue weighted by molar-refractivity contribution is 6.07. The molecule has 4 rings (SSSR count). The molecule has 10 heteroatoms. The predicted octanol–water partition coefficient (Wildman–Crippen LogP) is 3.18. The molecule has 0 saturated heterocycles. The second-order valence-corrected chi connectivity index (χ2v) is 6.26. The van der Waals surface area contributed by atoms with E-state index in [9.17, 15) is 18.0 Å². The van der Waals surface area contributed by atoms with Crippen LogP contribution in [0, 0.1) is 0 Å². The van der Waals surface area contributed by atoms with Crippen LogP contribution in [0.1, 0.15) is 16.1 Å². The molecule has 29 heavy (non-hydrogen) atoms. The van der Waals surface area contributed by atoms with Crippen molar-refractivity contribution < 1.29 is 18.0 Å². The van der Waals surface area contributed by atoms with Crippen LogP contribution in [0.4, 0.5) is 18.9 Å². The number of aromatic nitrogens is 4. The highest BCUT2D eigenvalue weighted by Gasteiger charge is 2.32. The maximum Gasteiger partial charge on any atom is 0.433 e. The third-order valence-corrected chi connectivity index (χ3v) is 4.29. The zero-order valence-electron chi connectivity index (χ0n) is 14.7. The number of alkyl halides is 3. The Morgan fingerprint density at radius 3 is 2.52 bits per heavy atom. The molecule has 0 aliphatic carbocycles. The van der Waals surface area contributed by atoms with Gasteiger partial charge < -0.3 is 11.5 Å². The summed E-state index contributed by atoms with van der Waals surface area (Å²) < 4.78 is 40.4. The van der Waals surface area contributed by atoms with Gasteiger partial charge in [-0.1, -0.05) is 6.07 Å². The molecule has 0 aliphatic rings. The molecule has 146 valence electrons. The van der Waals surface area contributed by atoms with Gasteiger partial charge in [0, 0.05) is 23.3 Å². The van der Waals surface area contributed by atoms with Crippen molar-refractivity contribution >= 4 is 22.5 Å². The maximum absolute atomic E-state index is 13.0. The van der Waals surface area contributed by atoms with E-state index in [1.54, 1.807) is 24.4 Å². The van der Waals surface area contributed by atoms with Crippen LogP contribution in [0.25, 0.3) is 27.8 Å². The maximum atomic E-state index is 13.0. The fourth-order valence-corrected chi connectivity index (χ4v) is 2.99. The first-order chi connectivity index (χ1) is 13.7. The number of primary amides is 1. The van der Waals surface area contributed by atoms with Crippen LogP contribution in [0.5, 0.6) is 0 Å². The van der Waals surface area contributed by atoms with Crippen molar-refractivity contribution in [2.75, 3.05) is 5.73 Å². The third kappa shape index (κ3) is 3.35. The number of benzene rings is 1. The molecular formula is C19H13F3N6O. The Balaban J connectivity index is 1.97. The van der Waals surface area contributed by atoms with Gasteiger partial charge in [-0.2, -0.15) is 18.3 Å². The summed E-state index contributed by atoms with van der Waals surface area (Å²) in [5.74, 6) is -0.752. The molecule has 0 fully saturated rings. The molecule has 0 bridgehead atoms. The number of nitrogen functional groups attached to an aromatic ring is 1. The minimum Gasteiger partial charge on any atom is -0.397 e. The zero-order chi connectivity index (χ0) is 20.8. The van der Waals surface area contributed by atoms with Crippen LogP contribution in [0.2, 0.25) is 0 Å². The number of anilines is 1. The summed E-state index contributed by atoms with van der Waals surface area (Å²) in [7, 11) is 0. The summed E-state index contributed by atoms with van der Waals surface area (Å²) in [4.78, 5) is 19.7. The number of nitrogens with two attached hydrogens (primary N) is 2. The van der Waals surface area contributed by atoms with Crippen LogP contribution in [0.15, 0.2) is 55.0 Å². The summed E-state index contributed by atoms with van der Waals surface area (Å²) in [5.41, 5.74) is 12.3. The molecule has 0 radical (unpaired) electrons. The summed E-state index contributed by atoms with van der Waals surface area (Å²) in [6.07, 6.45) is -0.228. The molecule has 1 amide bonds. The molecule has 7 nitrogen and oxygen atoms in total. The van der Waals surface area contributed by atoms with E-state index < -0.39 is 17.8 Å². The van der Waals surface area contributed by atoms with Gasteiger partial charge in [0.2, 0.25) is 5.91 Å². The zero-order valence-corrected chi connectivity index (χ0v) is 14.7. The van der Waals surface area contributed by atoms with Crippen molar-refractivity contribution in [3.63, 3.8) is 0 Å². The van der Waals surface area contributed by atoms with Gasteiger partial charge in [-0.3, -0.25) is 9.78 Å². The van der Waals surface area contributed by atoms with Crippen LogP contribution in [-0.4, -0.2) is 25.7 Å². The van der Waals surface area contributed by atoms with Crippen LogP contribution >= 0.6 is 0 Å².